The number of fused-ring (bicyclic) bond motifs is 12. The molecule has 0 saturated heterocycles. The largest absolute Gasteiger partial charge is 0.305 e. The summed E-state index contributed by atoms with van der Waals surface area (Å²) in [7, 11) is 0. The van der Waals surface area contributed by atoms with Crippen LogP contribution in [0.3, 0.4) is 0 Å². The summed E-state index contributed by atoms with van der Waals surface area (Å²) in [6.07, 6.45) is 10.9. The van der Waals surface area contributed by atoms with Crippen LogP contribution in [0.25, 0.3) is 112 Å². The van der Waals surface area contributed by atoms with Crippen molar-refractivity contribution in [1.29, 1.82) is 0 Å². The molecule has 16 aromatic rings. The van der Waals surface area contributed by atoms with E-state index < -0.39 is 0 Å². The van der Waals surface area contributed by atoms with Gasteiger partial charge >= 0.3 is 0 Å². The molecule has 4 aliphatic rings. The standard InChI is InChI=1S/2C21H18N.2C20H16N.2C11H8N.4Ir/c2*1-14-7-6-12-22-20(14)15-10-11-17-16-8-4-5-9-18(16)21(2,3)19(17)13-15;2*1-20(2)17-8-4-3-7-15(17)16-11-10-14(13-18(16)20)19-9-5-6-12-21-19;2*1-2-6-10(7-3-1)11-8-4-5-9-12-11;;;;/h2*4-9,11-13H,1-3H3;2*3-9,11-13H,1-2H3;2*1-6,8-9H;;;;/q6*-1;;;;. The SMILES string of the molecule is CC1(C)c2ccccc2-c2c[c-]c(-c3ccccn3)cc21.CC1(C)c2ccccc2-c2c[c-]c(-c3ccccn3)cc21.Cc1cccnc1-c1[c-]cc2c(c1)C(C)(C)c1ccccc1-2.Cc1cccnc1-c1[c-]cc2c(c1)C(C)(C)c1ccccc1-2.[Ir].[Ir].[Ir].[Ir].[c-]1ccccc1-c1ccccn1.[c-]1ccccc1-c1ccccn1. The van der Waals surface area contributed by atoms with E-state index in [0.29, 0.717) is 0 Å². The third-order valence-electron chi connectivity index (χ3n) is 21.8. The van der Waals surface area contributed by atoms with Crippen LogP contribution >= 0.6 is 0 Å². The molecule has 0 bridgehead atoms. The number of aromatic nitrogens is 6. The Kier molecular flexibility index (Phi) is 27.4. The van der Waals surface area contributed by atoms with Gasteiger partial charge in [-0.05, 0) is 128 Å². The second-order valence-corrected chi connectivity index (χ2v) is 30.1. The smallest absolute Gasteiger partial charge is 0.0160 e. The molecule has 0 saturated carbocycles. The molecule has 20 rings (SSSR count). The number of hydrogen-bond acceptors (Lipinski definition) is 6. The van der Waals surface area contributed by atoms with Gasteiger partial charge in [0.2, 0.25) is 0 Å². The van der Waals surface area contributed by atoms with E-state index >= 15 is 0 Å². The van der Waals surface area contributed by atoms with Crippen molar-refractivity contribution in [1.82, 2.24) is 29.9 Å². The first-order valence-electron chi connectivity index (χ1n) is 37.5. The van der Waals surface area contributed by atoms with Gasteiger partial charge in [-0.1, -0.05) is 269 Å². The van der Waals surface area contributed by atoms with Gasteiger partial charge in [0.05, 0.1) is 0 Å². The Balaban J connectivity index is 0.000000136. The Morgan fingerprint density at radius 1 is 0.211 bits per heavy atom. The van der Waals surface area contributed by atoms with Gasteiger partial charge in [0.1, 0.15) is 0 Å². The summed E-state index contributed by atoms with van der Waals surface area (Å²) in [6, 6.07) is 120. The van der Waals surface area contributed by atoms with Crippen molar-refractivity contribution in [3.8, 4) is 112 Å². The summed E-state index contributed by atoms with van der Waals surface area (Å²) in [6.45, 7) is 22.6. The number of rotatable bonds is 6. The fraction of sp³-hybridized carbons (Fsp3) is 0.135. The van der Waals surface area contributed by atoms with Crippen LogP contribution in [-0.2, 0) is 102 Å². The molecule has 0 N–H and O–H groups in total. The van der Waals surface area contributed by atoms with Gasteiger partial charge in [-0.2, -0.15) is 0 Å². The third kappa shape index (κ3) is 17.4. The van der Waals surface area contributed by atoms with Crippen LogP contribution in [0.4, 0.5) is 0 Å². The Hall–Kier alpha value is -10.3. The van der Waals surface area contributed by atoms with Crippen LogP contribution in [0.1, 0.15) is 111 Å². The molecule has 0 fully saturated rings. The summed E-state index contributed by atoms with van der Waals surface area (Å²) in [5.74, 6) is 0. The summed E-state index contributed by atoms with van der Waals surface area (Å²) < 4.78 is 0. The predicted molar refractivity (Wildman–Crippen MR) is 451 cm³/mol. The van der Waals surface area contributed by atoms with Crippen molar-refractivity contribution >= 4 is 0 Å². The monoisotopic (exact) mass is 2190 g/mol. The Labute approximate surface area is 727 Å². The fourth-order valence-corrected chi connectivity index (χ4v) is 15.9. The van der Waals surface area contributed by atoms with Crippen LogP contribution < -0.4 is 0 Å². The van der Waals surface area contributed by atoms with E-state index in [9.17, 15) is 0 Å². The second kappa shape index (κ2) is 36.9. The Morgan fingerprint density at radius 3 is 0.719 bits per heavy atom. The number of aryl methyl sites for hydroxylation is 2. The van der Waals surface area contributed by atoms with Crippen LogP contribution in [0.5, 0.6) is 0 Å². The maximum Gasteiger partial charge on any atom is 0.0160 e. The van der Waals surface area contributed by atoms with E-state index in [1.165, 1.54) is 100 Å². The van der Waals surface area contributed by atoms with Crippen LogP contribution in [0.2, 0.25) is 0 Å². The topological polar surface area (TPSA) is 77.3 Å². The van der Waals surface area contributed by atoms with Crippen molar-refractivity contribution < 1.29 is 80.4 Å². The molecule has 572 valence electrons. The van der Waals surface area contributed by atoms with E-state index in [-0.39, 0.29) is 102 Å². The van der Waals surface area contributed by atoms with Gasteiger partial charge in [-0.25, -0.2) is 0 Å². The minimum absolute atomic E-state index is 0. The molecule has 4 radical (unpaired) electrons. The third-order valence-corrected chi connectivity index (χ3v) is 21.8. The van der Waals surface area contributed by atoms with E-state index in [1.54, 1.807) is 12.4 Å². The van der Waals surface area contributed by atoms with Gasteiger partial charge in [0.25, 0.3) is 0 Å². The summed E-state index contributed by atoms with van der Waals surface area (Å²) >= 11 is 0. The van der Waals surface area contributed by atoms with Gasteiger partial charge in [0.15, 0.2) is 0 Å². The molecule has 10 heteroatoms. The van der Waals surface area contributed by atoms with Crippen molar-refractivity contribution in [3.63, 3.8) is 0 Å². The molecule has 6 nitrogen and oxygen atoms in total. The molecule has 4 aliphatic carbocycles. The zero-order chi connectivity index (χ0) is 76.0. The van der Waals surface area contributed by atoms with E-state index in [0.717, 1.165) is 67.5 Å². The first-order chi connectivity index (χ1) is 53.5. The first kappa shape index (κ1) is 84.6. The van der Waals surface area contributed by atoms with Crippen molar-refractivity contribution in [2.45, 2.75) is 90.9 Å². The molecule has 114 heavy (non-hydrogen) atoms. The minimum Gasteiger partial charge on any atom is -0.305 e. The molecule has 0 spiro atoms. The molecule has 0 unspecified atom stereocenters. The van der Waals surface area contributed by atoms with Gasteiger partial charge in [-0.3, -0.25) is 0 Å². The van der Waals surface area contributed by atoms with Crippen molar-refractivity contribution in [2.24, 2.45) is 0 Å². The van der Waals surface area contributed by atoms with Crippen molar-refractivity contribution in [2.75, 3.05) is 0 Å². The van der Waals surface area contributed by atoms with Gasteiger partial charge < -0.3 is 29.9 Å². The molecular formula is C104H84Ir4N6-6. The summed E-state index contributed by atoms with van der Waals surface area (Å²) in [4.78, 5) is 26.4. The number of hydrogen-bond donors (Lipinski definition) is 0. The summed E-state index contributed by atoms with van der Waals surface area (Å²) in [5.41, 5.74) is 36.4. The second-order valence-electron chi connectivity index (χ2n) is 30.1. The van der Waals surface area contributed by atoms with Crippen molar-refractivity contribution in [3.05, 3.63) is 420 Å². The van der Waals surface area contributed by atoms with Gasteiger partial charge in [0, 0.05) is 118 Å². The first-order valence-corrected chi connectivity index (χ1v) is 37.5. The predicted octanol–water partition coefficient (Wildman–Crippen LogP) is 25.1. The number of nitrogens with zero attached hydrogens (tertiary/aromatic N) is 6. The maximum atomic E-state index is 4.54. The average molecular weight is 2190 g/mol. The molecule has 6 heterocycles. The molecular weight excluding hydrogens is 2100 g/mol. The Morgan fingerprint density at radius 2 is 0.456 bits per heavy atom. The summed E-state index contributed by atoms with van der Waals surface area (Å²) in [5, 5.41) is 0. The normalized spacial score (nSPS) is 13.0. The van der Waals surface area contributed by atoms with E-state index in [1.807, 2.05) is 158 Å². The fourth-order valence-electron chi connectivity index (χ4n) is 15.9. The van der Waals surface area contributed by atoms with Gasteiger partial charge in [-0.15, -0.1) is 189 Å². The van der Waals surface area contributed by atoms with E-state index in [2.05, 4.69) is 293 Å². The molecule has 0 amide bonds. The van der Waals surface area contributed by atoms with E-state index in [4.69, 9.17) is 0 Å². The zero-order valence-corrected chi connectivity index (χ0v) is 74.8. The maximum absolute atomic E-state index is 4.54. The quantitative estimate of drug-likeness (QED) is 0.154. The molecule has 0 aliphatic heterocycles. The van der Waals surface area contributed by atoms with Crippen LogP contribution in [-0.4, -0.2) is 29.9 Å². The molecule has 6 aromatic heterocycles. The molecule has 10 aromatic carbocycles. The van der Waals surface area contributed by atoms with Crippen LogP contribution in [0, 0.1) is 50.2 Å². The minimum atomic E-state index is 0. The Bertz CT molecular complexity index is 5500. The molecule has 0 atom stereocenters. The zero-order valence-electron chi connectivity index (χ0n) is 65.2. The number of benzene rings is 10. The average Bonchev–Trinajstić information content (AvgIpc) is 1.60. The number of pyridine rings is 6. The van der Waals surface area contributed by atoms with Crippen LogP contribution in [0.15, 0.2) is 328 Å².